The highest BCUT2D eigenvalue weighted by molar-refractivity contribution is 5.94. The zero-order valence-corrected chi connectivity index (χ0v) is 21.9. The molecule has 39 heavy (non-hydrogen) atoms. The van der Waals surface area contributed by atoms with Gasteiger partial charge in [-0.1, -0.05) is 62.4 Å². The van der Waals surface area contributed by atoms with E-state index in [4.69, 9.17) is 5.73 Å². The number of para-hydroxylation sites is 1. The van der Waals surface area contributed by atoms with Crippen LogP contribution in [0.4, 0.5) is 0 Å². The van der Waals surface area contributed by atoms with E-state index in [2.05, 4.69) is 20.9 Å². The number of nitrogens with one attached hydrogen (secondary N) is 4. The summed E-state index contributed by atoms with van der Waals surface area (Å²) in [7, 11) is 0. The van der Waals surface area contributed by atoms with Crippen LogP contribution in [-0.4, -0.2) is 69.7 Å². The first kappa shape index (κ1) is 29.3. The highest BCUT2D eigenvalue weighted by atomic mass is 16.4. The van der Waals surface area contributed by atoms with E-state index >= 15 is 0 Å². The summed E-state index contributed by atoms with van der Waals surface area (Å²) in [5.41, 5.74) is 8.42. The molecule has 0 radical (unpaired) electrons. The minimum absolute atomic E-state index is 0.0127. The third kappa shape index (κ3) is 7.88. The van der Waals surface area contributed by atoms with Crippen LogP contribution in [0.3, 0.4) is 0 Å². The fraction of sp³-hybridized carbons (Fsp3) is 0.357. The molecule has 208 valence electrons. The maximum Gasteiger partial charge on any atom is 0.326 e. The summed E-state index contributed by atoms with van der Waals surface area (Å²) in [5.74, 6) is -3.75. The number of aliphatic hydroxyl groups excluding tert-OH is 1. The number of aliphatic hydroxyl groups is 1. The van der Waals surface area contributed by atoms with E-state index in [-0.39, 0.29) is 18.8 Å². The number of rotatable bonds is 13. The average molecular weight is 538 g/mol. The smallest absolute Gasteiger partial charge is 0.326 e. The topological polar surface area (TPSA) is 187 Å². The van der Waals surface area contributed by atoms with Crippen LogP contribution in [0, 0.1) is 5.92 Å². The van der Waals surface area contributed by atoms with Crippen LogP contribution in [0.15, 0.2) is 60.8 Å². The number of nitrogens with two attached hydrogens (primary N) is 1. The second-order valence-corrected chi connectivity index (χ2v) is 9.73. The Bertz CT molecular complexity index is 1290. The number of aromatic nitrogens is 1. The first-order valence-electron chi connectivity index (χ1n) is 12.7. The van der Waals surface area contributed by atoms with Crippen molar-refractivity contribution in [3.63, 3.8) is 0 Å². The standard InChI is InChI=1S/C28H35N5O6/c1-16(2)24(33-25(35)20(29)12-17-8-4-3-5-9-17)27(37)32-23(15-34)26(36)31-22(28(38)39)13-18-14-30-21-11-7-6-10-19(18)21/h3-11,14,16,20,22-24,30,34H,12-13,15,29H2,1-2H3,(H,31,36)(H,32,37)(H,33,35)(H,38,39). The molecule has 4 unspecified atom stereocenters. The molecule has 8 N–H and O–H groups in total. The molecule has 0 aliphatic rings. The molecule has 0 spiro atoms. The maximum atomic E-state index is 13.0. The van der Waals surface area contributed by atoms with Gasteiger partial charge in [0.15, 0.2) is 0 Å². The molecule has 0 bridgehead atoms. The molecule has 0 fully saturated rings. The number of amides is 3. The third-order valence-electron chi connectivity index (χ3n) is 6.41. The number of carboxylic acids is 1. The zero-order valence-electron chi connectivity index (χ0n) is 21.9. The third-order valence-corrected chi connectivity index (χ3v) is 6.41. The normalized spacial score (nSPS) is 14.3. The number of hydrogen-bond donors (Lipinski definition) is 7. The van der Waals surface area contributed by atoms with Gasteiger partial charge in [0.05, 0.1) is 12.6 Å². The lowest BCUT2D eigenvalue weighted by Gasteiger charge is -2.26. The van der Waals surface area contributed by atoms with Crippen LogP contribution in [0.1, 0.15) is 25.0 Å². The van der Waals surface area contributed by atoms with Crippen LogP contribution in [0.5, 0.6) is 0 Å². The number of hydrogen-bond acceptors (Lipinski definition) is 6. The number of fused-ring (bicyclic) bond motifs is 1. The lowest BCUT2D eigenvalue weighted by atomic mass is 10.0. The molecular weight excluding hydrogens is 502 g/mol. The summed E-state index contributed by atoms with van der Waals surface area (Å²) in [6.07, 6.45) is 1.94. The van der Waals surface area contributed by atoms with Gasteiger partial charge in [0.2, 0.25) is 17.7 Å². The van der Waals surface area contributed by atoms with Gasteiger partial charge in [0.25, 0.3) is 0 Å². The van der Waals surface area contributed by atoms with E-state index in [0.29, 0.717) is 5.56 Å². The largest absolute Gasteiger partial charge is 0.480 e. The van der Waals surface area contributed by atoms with Crippen molar-refractivity contribution in [1.82, 2.24) is 20.9 Å². The molecular formula is C28H35N5O6. The first-order chi connectivity index (χ1) is 18.6. The number of carbonyl (C=O) groups is 4. The van der Waals surface area contributed by atoms with E-state index in [9.17, 15) is 29.4 Å². The second kappa shape index (κ2) is 13.5. The molecule has 3 aromatic rings. The molecule has 3 rings (SSSR count). The summed E-state index contributed by atoms with van der Waals surface area (Å²) in [6, 6.07) is 11.9. The Hall–Kier alpha value is -4.22. The number of aliphatic carboxylic acids is 1. The van der Waals surface area contributed by atoms with Gasteiger partial charge in [-0.05, 0) is 29.5 Å². The number of aromatic amines is 1. The Kier molecular flexibility index (Phi) is 10.2. The molecule has 0 aliphatic heterocycles. The van der Waals surface area contributed by atoms with Gasteiger partial charge in [-0.25, -0.2) is 4.79 Å². The Balaban J connectivity index is 1.63. The highest BCUT2D eigenvalue weighted by Crippen LogP contribution is 2.19. The van der Waals surface area contributed by atoms with E-state index < -0.39 is 54.5 Å². The van der Waals surface area contributed by atoms with Gasteiger partial charge in [0.1, 0.15) is 18.1 Å². The maximum absolute atomic E-state index is 13.0. The Morgan fingerprint density at radius 2 is 1.49 bits per heavy atom. The van der Waals surface area contributed by atoms with Crippen LogP contribution in [0.25, 0.3) is 10.9 Å². The molecule has 1 heterocycles. The van der Waals surface area contributed by atoms with Gasteiger partial charge in [-0.3, -0.25) is 14.4 Å². The van der Waals surface area contributed by atoms with Gasteiger partial charge in [0, 0.05) is 23.5 Å². The Labute approximate surface area is 226 Å². The van der Waals surface area contributed by atoms with Crippen molar-refractivity contribution in [3.8, 4) is 0 Å². The molecule has 11 nitrogen and oxygen atoms in total. The van der Waals surface area contributed by atoms with Gasteiger partial charge in [-0.2, -0.15) is 0 Å². The molecule has 4 atom stereocenters. The minimum atomic E-state index is -1.43. The Morgan fingerprint density at radius 3 is 2.13 bits per heavy atom. The van der Waals surface area contributed by atoms with Gasteiger partial charge >= 0.3 is 5.97 Å². The van der Waals surface area contributed by atoms with Crippen LogP contribution in [-0.2, 0) is 32.0 Å². The van der Waals surface area contributed by atoms with Crippen LogP contribution in [0.2, 0.25) is 0 Å². The molecule has 0 saturated carbocycles. The molecule has 3 amide bonds. The van der Waals surface area contributed by atoms with Crippen molar-refractivity contribution in [3.05, 3.63) is 71.9 Å². The summed E-state index contributed by atoms with van der Waals surface area (Å²) in [6.45, 7) is 2.65. The predicted octanol–water partition coefficient (Wildman–Crippen LogP) is 0.468. The number of benzene rings is 2. The van der Waals surface area contributed by atoms with Crippen molar-refractivity contribution >= 4 is 34.6 Å². The van der Waals surface area contributed by atoms with E-state index in [1.54, 1.807) is 20.0 Å². The van der Waals surface area contributed by atoms with E-state index in [1.165, 1.54) is 0 Å². The SMILES string of the molecule is CC(C)C(NC(=O)C(N)Cc1ccccc1)C(=O)NC(CO)C(=O)NC(Cc1c[nH]c2ccccc12)C(=O)O. The quantitative estimate of drug-likeness (QED) is 0.165. The summed E-state index contributed by atoms with van der Waals surface area (Å²) in [5, 5.41) is 27.8. The monoisotopic (exact) mass is 537 g/mol. The number of carbonyl (C=O) groups excluding carboxylic acids is 3. The fourth-order valence-electron chi connectivity index (χ4n) is 4.20. The average Bonchev–Trinajstić information content (AvgIpc) is 3.32. The van der Waals surface area contributed by atoms with Crippen LogP contribution < -0.4 is 21.7 Å². The minimum Gasteiger partial charge on any atom is -0.480 e. The molecule has 11 heteroatoms. The van der Waals surface area contributed by atoms with Crippen molar-refractivity contribution in [2.75, 3.05) is 6.61 Å². The van der Waals surface area contributed by atoms with Gasteiger partial charge < -0.3 is 36.9 Å². The summed E-state index contributed by atoms with van der Waals surface area (Å²) < 4.78 is 0. The first-order valence-corrected chi connectivity index (χ1v) is 12.7. The number of carboxylic acid groups (broad SMARTS) is 1. The fourth-order valence-corrected chi connectivity index (χ4v) is 4.20. The van der Waals surface area contributed by atoms with Crippen molar-refractivity contribution in [2.45, 2.75) is 50.9 Å². The molecule has 2 aromatic carbocycles. The Morgan fingerprint density at radius 1 is 0.846 bits per heavy atom. The van der Waals surface area contributed by atoms with E-state index in [1.807, 2.05) is 54.6 Å². The van der Waals surface area contributed by atoms with Crippen molar-refractivity contribution in [2.24, 2.45) is 11.7 Å². The summed E-state index contributed by atoms with van der Waals surface area (Å²) in [4.78, 5) is 53.6. The number of H-pyrrole nitrogens is 1. The summed E-state index contributed by atoms with van der Waals surface area (Å²) >= 11 is 0. The molecule has 0 aliphatic carbocycles. The van der Waals surface area contributed by atoms with Crippen molar-refractivity contribution < 1.29 is 29.4 Å². The lowest BCUT2D eigenvalue weighted by molar-refractivity contribution is -0.142. The van der Waals surface area contributed by atoms with Crippen LogP contribution >= 0.6 is 0 Å². The molecule has 1 aromatic heterocycles. The van der Waals surface area contributed by atoms with Gasteiger partial charge in [-0.15, -0.1) is 0 Å². The van der Waals surface area contributed by atoms with Crippen molar-refractivity contribution in [1.29, 1.82) is 0 Å². The predicted molar refractivity (Wildman–Crippen MR) is 145 cm³/mol. The molecule has 0 saturated heterocycles. The van der Waals surface area contributed by atoms with E-state index in [0.717, 1.165) is 16.5 Å². The zero-order chi connectivity index (χ0) is 28.5. The second-order valence-electron chi connectivity index (χ2n) is 9.73. The lowest BCUT2D eigenvalue weighted by Crippen LogP contribution is -2.59. The highest BCUT2D eigenvalue weighted by Gasteiger charge is 2.31.